The van der Waals surface area contributed by atoms with Crippen LogP contribution in [-0.4, -0.2) is 27.3 Å². The quantitative estimate of drug-likeness (QED) is 0.796. The number of nitrogens with zero attached hydrogens (tertiary/aromatic N) is 3. The van der Waals surface area contributed by atoms with Crippen molar-refractivity contribution >= 4 is 5.97 Å². The zero-order valence-corrected chi connectivity index (χ0v) is 11.0. The zero-order valence-electron chi connectivity index (χ0n) is 11.0. The molecule has 0 amide bonds. The first-order valence-corrected chi connectivity index (χ1v) is 5.87. The molecule has 2 aromatic rings. The number of rotatable bonds is 3. The Morgan fingerprint density at radius 1 is 1.47 bits per heavy atom. The first kappa shape index (κ1) is 13.2. The highest BCUT2D eigenvalue weighted by molar-refractivity contribution is 5.85. The average Bonchev–Trinajstić information content (AvgIpc) is 2.72. The van der Waals surface area contributed by atoms with Gasteiger partial charge in [0.1, 0.15) is 5.82 Å². The van der Waals surface area contributed by atoms with Gasteiger partial charge in [0.25, 0.3) is 5.82 Å². The highest BCUT2D eigenvalue weighted by Crippen LogP contribution is 2.21. The van der Waals surface area contributed by atoms with Gasteiger partial charge in [0.05, 0.1) is 12.2 Å². The first-order chi connectivity index (χ1) is 9.02. The van der Waals surface area contributed by atoms with Gasteiger partial charge < -0.3 is 4.74 Å². The predicted molar refractivity (Wildman–Crippen MR) is 67.1 cm³/mol. The van der Waals surface area contributed by atoms with Gasteiger partial charge in [-0.3, -0.25) is 0 Å². The Morgan fingerprint density at radius 2 is 2.21 bits per heavy atom. The Bertz CT molecular complexity index is 622. The van der Waals surface area contributed by atoms with Crippen LogP contribution in [0.1, 0.15) is 23.1 Å². The molecule has 5 nitrogen and oxygen atoms in total. The lowest BCUT2D eigenvalue weighted by atomic mass is 10.1. The second-order valence-electron chi connectivity index (χ2n) is 4.09. The van der Waals surface area contributed by atoms with Gasteiger partial charge in [-0.25, -0.2) is 18.9 Å². The Morgan fingerprint density at radius 3 is 2.84 bits per heavy atom. The van der Waals surface area contributed by atoms with Gasteiger partial charge in [-0.2, -0.15) is 0 Å². The topological polar surface area (TPSA) is 57.0 Å². The second-order valence-corrected chi connectivity index (χ2v) is 4.09. The highest BCUT2D eigenvalue weighted by Gasteiger charge is 2.18. The number of hydrogen-bond donors (Lipinski definition) is 0. The molecule has 1 aromatic carbocycles. The van der Waals surface area contributed by atoms with Crippen LogP contribution in [0.3, 0.4) is 0 Å². The number of ether oxygens (including phenoxy) is 1. The lowest BCUT2D eigenvalue weighted by molar-refractivity contribution is 0.0512. The number of aromatic nitrogens is 3. The largest absolute Gasteiger partial charge is 0.460 e. The van der Waals surface area contributed by atoms with E-state index in [9.17, 15) is 9.18 Å². The molecule has 0 radical (unpaired) electrons. The molecule has 0 saturated heterocycles. The number of esters is 1. The fourth-order valence-corrected chi connectivity index (χ4v) is 1.70. The van der Waals surface area contributed by atoms with Gasteiger partial charge in [-0.05, 0) is 31.5 Å². The maximum atomic E-state index is 13.9. The summed E-state index contributed by atoms with van der Waals surface area (Å²) in [6, 6.07) is 4.80. The van der Waals surface area contributed by atoms with E-state index in [4.69, 9.17) is 4.74 Å². The van der Waals surface area contributed by atoms with Crippen LogP contribution in [0.15, 0.2) is 18.2 Å². The standard InChI is InChI=1S/C13H14FN3O2/c1-4-19-13(18)11-15-12(17(3)16-11)9-6-5-8(2)7-10(9)14/h5-7H,4H2,1-3H3. The van der Waals surface area contributed by atoms with E-state index in [0.29, 0.717) is 11.4 Å². The van der Waals surface area contributed by atoms with Crippen molar-refractivity contribution in [3.8, 4) is 11.4 Å². The number of aryl methyl sites for hydroxylation is 2. The minimum atomic E-state index is -0.614. The lowest BCUT2D eigenvalue weighted by Gasteiger charge is -2.02. The summed E-state index contributed by atoms with van der Waals surface area (Å²) in [6.07, 6.45) is 0. The van der Waals surface area contributed by atoms with E-state index in [1.807, 2.05) is 0 Å². The number of halogens is 1. The third kappa shape index (κ3) is 2.62. The fraction of sp³-hybridized carbons (Fsp3) is 0.308. The summed E-state index contributed by atoms with van der Waals surface area (Å²) in [5.74, 6) is -0.789. The second kappa shape index (κ2) is 5.17. The summed E-state index contributed by atoms with van der Waals surface area (Å²) in [5.41, 5.74) is 1.12. The van der Waals surface area contributed by atoms with Crippen LogP contribution in [0.2, 0.25) is 0 Å². The van der Waals surface area contributed by atoms with E-state index in [-0.39, 0.29) is 12.4 Å². The summed E-state index contributed by atoms with van der Waals surface area (Å²) < 4.78 is 20.0. The van der Waals surface area contributed by atoms with E-state index in [2.05, 4.69) is 10.1 Å². The summed E-state index contributed by atoms with van der Waals surface area (Å²) in [6.45, 7) is 3.74. The van der Waals surface area contributed by atoms with Crippen LogP contribution in [0.4, 0.5) is 4.39 Å². The van der Waals surface area contributed by atoms with Gasteiger partial charge in [0, 0.05) is 7.05 Å². The minimum absolute atomic E-state index is 0.0701. The molecule has 0 saturated carbocycles. The summed E-state index contributed by atoms with van der Waals surface area (Å²) in [4.78, 5) is 15.6. The van der Waals surface area contributed by atoms with E-state index >= 15 is 0 Å². The van der Waals surface area contributed by atoms with Crippen molar-refractivity contribution in [2.24, 2.45) is 7.05 Å². The smallest absolute Gasteiger partial charge is 0.378 e. The Kier molecular flexibility index (Phi) is 3.59. The van der Waals surface area contributed by atoms with E-state index in [1.54, 1.807) is 33.0 Å². The zero-order chi connectivity index (χ0) is 14.0. The first-order valence-electron chi connectivity index (χ1n) is 5.87. The molecule has 0 unspecified atom stereocenters. The molecule has 1 aromatic heterocycles. The Hall–Kier alpha value is -2.24. The maximum Gasteiger partial charge on any atom is 0.378 e. The minimum Gasteiger partial charge on any atom is -0.460 e. The molecule has 0 aliphatic rings. The number of carbonyl (C=O) groups excluding carboxylic acids is 1. The molecular formula is C13H14FN3O2. The van der Waals surface area contributed by atoms with Gasteiger partial charge >= 0.3 is 5.97 Å². The molecule has 0 aliphatic carbocycles. The Balaban J connectivity index is 2.43. The predicted octanol–water partition coefficient (Wildman–Crippen LogP) is 2.11. The van der Waals surface area contributed by atoms with Crippen LogP contribution in [-0.2, 0) is 11.8 Å². The van der Waals surface area contributed by atoms with Crippen LogP contribution < -0.4 is 0 Å². The molecule has 2 rings (SSSR count). The third-order valence-corrected chi connectivity index (χ3v) is 2.59. The molecule has 0 aliphatic heterocycles. The van der Waals surface area contributed by atoms with E-state index in [1.165, 1.54) is 10.7 Å². The third-order valence-electron chi connectivity index (χ3n) is 2.59. The van der Waals surface area contributed by atoms with Crippen molar-refractivity contribution in [3.05, 3.63) is 35.4 Å². The van der Waals surface area contributed by atoms with Crippen molar-refractivity contribution in [1.29, 1.82) is 0 Å². The number of hydrogen-bond acceptors (Lipinski definition) is 4. The van der Waals surface area contributed by atoms with E-state index in [0.717, 1.165) is 5.56 Å². The summed E-state index contributed by atoms with van der Waals surface area (Å²) in [7, 11) is 1.60. The molecule has 0 atom stereocenters. The van der Waals surface area contributed by atoms with Gasteiger partial charge in [-0.1, -0.05) is 6.07 Å². The molecule has 100 valence electrons. The number of carbonyl (C=O) groups is 1. The van der Waals surface area contributed by atoms with Gasteiger partial charge in [0.2, 0.25) is 0 Å². The summed E-state index contributed by atoms with van der Waals surface area (Å²) >= 11 is 0. The lowest BCUT2D eigenvalue weighted by Crippen LogP contribution is -2.07. The van der Waals surface area contributed by atoms with Crippen molar-refractivity contribution in [2.45, 2.75) is 13.8 Å². The van der Waals surface area contributed by atoms with Crippen molar-refractivity contribution in [3.63, 3.8) is 0 Å². The molecule has 0 bridgehead atoms. The normalized spacial score (nSPS) is 10.5. The van der Waals surface area contributed by atoms with Crippen LogP contribution in [0.25, 0.3) is 11.4 Å². The van der Waals surface area contributed by atoms with Gasteiger partial charge in [-0.15, -0.1) is 5.10 Å². The summed E-state index contributed by atoms with van der Waals surface area (Å²) in [5, 5.41) is 3.93. The molecule has 0 fully saturated rings. The van der Waals surface area contributed by atoms with Crippen LogP contribution in [0, 0.1) is 12.7 Å². The SMILES string of the molecule is CCOC(=O)c1nc(-c2ccc(C)cc2F)n(C)n1. The van der Waals surface area contributed by atoms with Crippen molar-refractivity contribution in [1.82, 2.24) is 14.8 Å². The molecule has 0 spiro atoms. The monoisotopic (exact) mass is 263 g/mol. The molecular weight excluding hydrogens is 249 g/mol. The highest BCUT2D eigenvalue weighted by atomic mass is 19.1. The van der Waals surface area contributed by atoms with Gasteiger partial charge in [0.15, 0.2) is 5.82 Å². The van der Waals surface area contributed by atoms with Crippen molar-refractivity contribution in [2.75, 3.05) is 6.61 Å². The molecule has 19 heavy (non-hydrogen) atoms. The average molecular weight is 263 g/mol. The molecule has 6 heteroatoms. The molecule has 1 heterocycles. The van der Waals surface area contributed by atoms with Crippen molar-refractivity contribution < 1.29 is 13.9 Å². The maximum absolute atomic E-state index is 13.9. The fourth-order valence-electron chi connectivity index (χ4n) is 1.70. The van der Waals surface area contributed by atoms with Crippen LogP contribution >= 0.6 is 0 Å². The Labute approximate surface area is 110 Å². The van der Waals surface area contributed by atoms with Crippen LogP contribution in [0.5, 0.6) is 0 Å². The van der Waals surface area contributed by atoms with E-state index < -0.39 is 11.8 Å². The number of benzene rings is 1. The molecule has 0 N–H and O–H groups in total.